The van der Waals surface area contributed by atoms with Crippen LogP contribution in [0.4, 0.5) is 0 Å². The molecule has 0 fully saturated rings. The lowest BCUT2D eigenvalue weighted by Gasteiger charge is -2.39. The first-order chi connectivity index (χ1) is 11.9. The second kappa shape index (κ2) is 6.55. The SMILES string of the molecule is CC1=C(OC(=O)c2ccccc2)C(C)(C)[C@H](c2ccccc2)OC1=O. The number of hydrogen-bond donors (Lipinski definition) is 0. The van der Waals surface area contributed by atoms with Crippen LogP contribution in [0.25, 0.3) is 0 Å². The molecule has 0 amide bonds. The van der Waals surface area contributed by atoms with Crippen LogP contribution in [0.3, 0.4) is 0 Å². The Morgan fingerprint density at radius 1 is 1.00 bits per heavy atom. The van der Waals surface area contributed by atoms with Crippen LogP contribution in [0.15, 0.2) is 72.0 Å². The summed E-state index contributed by atoms with van der Waals surface area (Å²) in [6.07, 6.45) is -0.525. The van der Waals surface area contributed by atoms with Crippen molar-refractivity contribution in [1.29, 1.82) is 0 Å². The maximum Gasteiger partial charge on any atom is 0.343 e. The standard InChI is InChI=1S/C21H20O4/c1-14-17(24-20(23)16-12-8-5-9-13-16)21(2,3)18(25-19(14)22)15-10-6-4-7-11-15/h4-13,18H,1-3H3/t18-/m0/s1. The molecule has 1 atom stereocenters. The van der Waals surface area contributed by atoms with Crippen LogP contribution in [0.5, 0.6) is 0 Å². The quantitative estimate of drug-likeness (QED) is 0.778. The fourth-order valence-electron chi connectivity index (χ4n) is 3.08. The van der Waals surface area contributed by atoms with Gasteiger partial charge in [0.1, 0.15) is 11.9 Å². The van der Waals surface area contributed by atoms with E-state index in [9.17, 15) is 9.59 Å². The molecule has 0 spiro atoms. The van der Waals surface area contributed by atoms with Gasteiger partial charge in [-0.2, -0.15) is 0 Å². The molecular formula is C21H20O4. The molecule has 4 nitrogen and oxygen atoms in total. The summed E-state index contributed by atoms with van der Waals surface area (Å²) in [7, 11) is 0. The average molecular weight is 336 g/mol. The molecule has 0 saturated carbocycles. The summed E-state index contributed by atoms with van der Waals surface area (Å²) >= 11 is 0. The van der Waals surface area contributed by atoms with Gasteiger partial charge in [-0.15, -0.1) is 0 Å². The minimum Gasteiger partial charge on any atom is -0.453 e. The lowest BCUT2D eigenvalue weighted by atomic mass is 9.77. The highest BCUT2D eigenvalue weighted by Crippen LogP contribution is 2.47. The lowest BCUT2D eigenvalue weighted by Crippen LogP contribution is -2.37. The monoisotopic (exact) mass is 336 g/mol. The molecular weight excluding hydrogens is 316 g/mol. The van der Waals surface area contributed by atoms with Crippen LogP contribution in [0, 0.1) is 5.41 Å². The van der Waals surface area contributed by atoms with E-state index in [0.717, 1.165) is 5.56 Å². The Morgan fingerprint density at radius 2 is 1.56 bits per heavy atom. The topological polar surface area (TPSA) is 52.6 Å². The summed E-state index contributed by atoms with van der Waals surface area (Å²) in [5, 5.41) is 0. The summed E-state index contributed by atoms with van der Waals surface area (Å²) in [6, 6.07) is 18.2. The van der Waals surface area contributed by atoms with Gasteiger partial charge in [0.05, 0.1) is 16.6 Å². The highest BCUT2D eigenvalue weighted by molar-refractivity contribution is 5.93. The molecule has 0 N–H and O–H groups in total. The largest absolute Gasteiger partial charge is 0.453 e. The predicted octanol–water partition coefficient (Wildman–Crippen LogP) is 4.44. The Morgan fingerprint density at radius 3 is 2.16 bits per heavy atom. The third kappa shape index (κ3) is 3.20. The smallest absolute Gasteiger partial charge is 0.343 e. The van der Waals surface area contributed by atoms with Crippen molar-refractivity contribution in [2.45, 2.75) is 26.9 Å². The fourth-order valence-corrected chi connectivity index (χ4v) is 3.08. The van der Waals surface area contributed by atoms with Crippen molar-refractivity contribution in [2.24, 2.45) is 5.41 Å². The maximum atomic E-state index is 12.5. The minimum atomic E-state index is -0.677. The minimum absolute atomic E-state index is 0.321. The Kier molecular flexibility index (Phi) is 4.45. The van der Waals surface area contributed by atoms with E-state index < -0.39 is 23.5 Å². The molecule has 128 valence electrons. The van der Waals surface area contributed by atoms with Crippen LogP contribution in [0.1, 0.15) is 42.8 Å². The van der Waals surface area contributed by atoms with Crippen molar-refractivity contribution in [3.63, 3.8) is 0 Å². The maximum absolute atomic E-state index is 12.5. The van der Waals surface area contributed by atoms with Gasteiger partial charge in [0, 0.05) is 0 Å². The van der Waals surface area contributed by atoms with Crippen LogP contribution < -0.4 is 0 Å². The predicted molar refractivity (Wildman–Crippen MR) is 93.6 cm³/mol. The van der Waals surface area contributed by atoms with Crippen molar-refractivity contribution in [3.05, 3.63) is 83.1 Å². The molecule has 25 heavy (non-hydrogen) atoms. The van der Waals surface area contributed by atoms with Crippen LogP contribution in [-0.2, 0) is 14.3 Å². The number of esters is 2. The molecule has 2 aromatic carbocycles. The Labute approximate surface area is 147 Å². The first-order valence-corrected chi connectivity index (χ1v) is 8.16. The average Bonchev–Trinajstić information content (AvgIpc) is 2.63. The molecule has 0 bridgehead atoms. The summed E-state index contributed by atoms with van der Waals surface area (Å²) in [5.74, 6) is -0.597. The van der Waals surface area contributed by atoms with E-state index in [0.29, 0.717) is 16.9 Å². The number of hydrogen-bond acceptors (Lipinski definition) is 4. The van der Waals surface area contributed by atoms with E-state index in [1.165, 1.54) is 0 Å². The first-order valence-electron chi connectivity index (χ1n) is 8.16. The number of cyclic esters (lactones) is 1. The van der Waals surface area contributed by atoms with Gasteiger partial charge in [-0.3, -0.25) is 0 Å². The summed E-state index contributed by atoms with van der Waals surface area (Å²) < 4.78 is 11.3. The van der Waals surface area contributed by atoms with Gasteiger partial charge in [-0.25, -0.2) is 9.59 Å². The fraction of sp³-hybridized carbons (Fsp3) is 0.238. The van der Waals surface area contributed by atoms with Crippen molar-refractivity contribution >= 4 is 11.9 Å². The van der Waals surface area contributed by atoms with Gasteiger partial charge >= 0.3 is 11.9 Å². The van der Waals surface area contributed by atoms with Crippen LogP contribution in [-0.4, -0.2) is 11.9 Å². The van der Waals surface area contributed by atoms with Crippen molar-refractivity contribution in [2.75, 3.05) is 0 Å². The van der Waals surface area contributed by atoms with E-state index >= 15 is 0 Å². The second-order valence-corrected chi connectivity index (χ2v) is 6.63. The lowest BCUT2D eigenvalue weighted by molar-refractivity contribution is -0.155. The Hall–Kier alpha value is -2.88. The zero-order chi connectivity index (χ0) is 18.0. The highest BCUT2D eigenvalue weighted by Gasteiger charge is 2.45. The third-order valence-corrected chi connectivity index (χ3v) is 4.42. The number of ether oxygens (including phenoxy) is 2. The molecule has 0 unspecified atom stereocenters. The normalized spacial score (nSPS) is 19.3. The van der Waals surface area contributed by atoms with Gasteiger partial charge in [-0.05, 0) is 38.5 Å². The van der Waals surface area contributed by atoms with Gasteiger partial charge in [0.2, 0.25) is 0 Å². The molecule has 1 aliphatic rings. The Bertz CT molecular complexity index is 819. The van der Waals surface area contributed by atoms with Crippen LogP contribution >= 0.6 is 0 Å². The second-order valence-electron chi connectivity index (χ2n) is 6.63. The molecule has 1 heterocycles. The molecule has 0 aromatic heterocycles. The molecule has 0 radical (unpaired) electrons. The molecule has 4 heteroatoms. The third-order valence-electron chi connectivity index (χ3n) is 4.42. The van der Waals surface area contributed by atoms with Crippen molar-refractivity contribution < 1.29 is 19.1 Å². The highest BCUT2D eigenvalue weighted by atomic mass is 16.6. The number of rotatable bonds is 3. The number of carbonyl (C=O) groups excluding carboxylic acids is 2. The van der Waals surface area contributed by atoms with Gasteiger partial charge < -0.3 is 9.47 Å². The Balaban J connectivity index is 1.97. The number of benzene rings is 2. The zero-order valence-electron chi connectivity index (χ0n) is 14.5. The zero-order valence-corrected chi connectivity index (χ0v) is 14.5. The van der Waals surface area contributed by atoms with E-state index in [4.69, 9.17) is 9.47 Å². The number of carbonyl (C=O) groups is 2. The van der Waals surface area contributed by atoms with E-state index in [1.54, 1.807) is 31.2 Å². The van der Waals surface area contributed by atoms with Gasteiger partial charge in [0.15, 0.2) is 0 Å². The van der Waals surface area contributed by atoms with Crippen molar-refractivity contribution in [1.82, 2.24) is 0 Å². The first kappa shape index (κ1) is 17.0. The summed E-state index contributed by atoms with van der Waals surface area (Å²) in [4.78, 5) is 24.8. The summed E-state index contributed by atoms with van der Waals surface area (Å²) in [6.45, 7) is 5.45. The molecule has 1 aliphatic heterocycles. The molecule has 0 aliphatic carbocycles. The molecule has 2 aromatic rings. The molecule has 0 saturated heterocycles. The van der Waals surface area contributed by atoms with Gasteiger partial charge in [-0.1, -0.05) is 48.5 Å². The van der Waals surface area contributed by atoms with E-state index in [2.05, 4.69) is 0 Å². The summed E-state index contributed by atoms with van der Waals surface area (Å²) in [5.41, 5.74) is 0.945. The molecule has 3 rings (SSSR count). The van der Waals surface area contributed by atoms with Crippen molar-refractivity contribution in [3.8, 4) is 0 Å². The van der Waals surface area contributed by atoms with E-state index in [-0.39, 0.29) is 0 Å². The van der Waals surface area contributed by atoms with E-state index in [1.807, 2.05) is 50.2 Å². The van der Waals surface area contributed by atoms with Crippen LogP contribution in [0.2, 0.25) is 0 Å². The van der Waals surface area contributed by atoms with Gasteiger partial charge in [0.25, 0.3) is 0 Å².